The highest BCUT2D eigenvalue weighted by molar-refractivity contribution is 7.90. The second-order valence-corrected chi connectivity index (χ2v) is 11.1. The number of benzene rings is 2. The van der Waals surface area contributed by atoms with Crippen molar-refractivity contribution in [3.8, 4) is 0 Å². The van der Waals surface area contributed by atoms with Crippen LogP contribution in [-0.2, 0) is 20.0 Å². The summed E-state index contributed by atoms with van der Waals surface area (Å²) in [6, 6.07) is 10.6. The molecule has 1 aliphatic rings. The molecule has 0 aliphatic heterocycles. The highest BCUT2D eigenvalue weighted by atomic mass is 35.5. The number of nitrogens with zero attached hydrogens (tertiary/aromatic N) is 2. The van der Waals surface area contributed by atoms with Crippen LogP contribution in [0.15, 0.2) is 88.3 Å². The molecule has 0 aromatic heterocycles. The maximum Gasteiger partial charge on any atom is 0.282 e. The van der Waals surface area contributed by atoms with E-state index in [-0.39, 0.29) is 36.3 Å². The van der Waals surface area contributed by atoms with E-state index >= 15 is 0 Å². The third-order valence-electron chi connectivity index (χ3n) is 3.77. The number of rotatable bonds is 4. The lowest BCUT2D eigenvalue weighted by Crippen LogP contribution is -2.16. The van der Waals surface area contributed by atoms with Crippen LogP contribution in [0.25, 0.3) is 0 Å². The first-order valence-corrected chi connectivity index (χ1v) is 12.8. The van der Waals surface area contributed by atoms with Crippen molar-refractivity contribution in [1.29, 1.82) is 0 Å². The average molecular weight is 559 g/mol. The van der Waals surface area contributed by atoms with E-state index in [0.717, 1.165) is 6.08 Å². The van der Waals surface area contributed by atoms with Gasteiger partial charge in [0.05, 0.1) is 30.6 Å². The topological polar surface area (TPSA) is 93.0 Å². The number of halogens is 5. The zero-order valence-corrected chi connectivity index (χ0v) is 20.3. The molecule has 6 nitrogen and oxygen atoms in total. The number of hydrogen-bond donors (Lipinski definition) is 0. The van der Waals surface area contributed by atoms with E-state index in [1.165, 1.54) is 48.5 Å². The molecule has 0 unspecified atom stereocenters. The van der Waals surface area contributed by atoms with Crippen LogP contribution < -0.4 is 0 Å². The summed E-state index contributed by atoms with van der Waals surface area (Å²) in [6.07, 6.45) is 1.06. The van der Waals surface area contributed by atoms with Crippen molar-refractivity contribution >= 4 is 89.5 Å². The number of hydrogen-bond acceptors (Lipinski definition) is 4. The maximum absolute atomic E-state index is 12.6. The van der Waals surface area contributed by atoms with Crippen LogP contribution in [0.2, 0.25) is 10.0 Å². The number of sulfonamides is 2. The first-order chi connectivity index (χ1) is 14.4. The Labute approximate surface area is 203 Å². The maximum atomic E-state index is 12.6. The summed E-state index contributed by atoms with van der Waals surface area (Å²) >= 11 is 29.9. The summed E-state index contributed by atoms with van der Waals surface area (Å²) < 4.78 is 57.4. The first kappa shape index (κ1) is 24.3. The molecule has 13 heteroatoms. The quantitative estimate of drug-likeness (QED) is 0.445. The van der Waals surface area contributed by atoms with Gasteiger partial charge in [0.2, 0.25) is 0 Å². The molecular formula is C18H9Cl5N2O4S2. The Hall–Kier alpha value is -1.39. The molecule has 1 aliphatic carbocycles. The molecule has 0 fully saturated rings. The van der Waals surface area contributed by atoms with Gasteiger partial charge in [0, 0.05) is 10.0 Å². The Morgan fingerprint density at radius 2 is 1.00 bits per heavy atom. The summed E-state index contributed by atoms with van der Waals surface area (Å²) in [7, 11) is -8.39. The molecule has 31 heavy (non-hydrogen) atoms. The molecular weight excluding hydrogens is 550 g/mol. The minimum atomic E-state index is -4.21. The Morgan fingerprint density at radius 1 is 0.581 bits per heavy atom. The molecule has 0 saturated carbocycles. The zero-order valence-electron chi connectivity index (χ0n) is 14.9. The summed E-state index contributed by atoms with van der Waals surface area (Å²) in [4.78, 5) is -0.293. The summed E-state index contributed by atoms with van der Waals surface area (Å²) in [5.41, 5.74) is -0.638. The fourth-order valence-corrected chi connectivity index (χ4v) is 5.41. The zero-order chi connectivity index (χ0) is 23.0. The third-order valence-corrected chi connectivity index (χ3v) is 8.00. The van der Waals surface area contributed by atoms with Gasteiger partial charge in [-0.3, -0.25) is 0 Å². The van der Waals surface area contributed by atoms with E-state index in [1.807, 2.05) is 0 Å². The molecule has 0 bridgehead atoms. The SMILES string of the molecule is O=S(=O)(/N=C1C(Cl)=C/C(=N\S(=O)(=O)c2ccc(Cl)cc2)C(Cl)=C/1Cl)c1ccc(Cl)cc1. The van der Waals surface area contributed by atoms with Crippen LogP contribution in [0.5, 0.6) is 0 Å². The minimum absolute atomic E-state index is 0.140. The first-order valence-electron chi connectivity index (χ1n) is 8.05. The third kappa shape index (κ3) is 5.51. The van der Waals surface area contributed by atoms with E-state index in [9.17, 15) is 16.8 Å². The van der Waals surface area contributed by atoms with Gasteiger partial charge in [-0.05, 0) is 54.6 Å². The van der Waals surface area contributed by atoms with Crippen LogP contribution in [0.1, 0.15) is 0 Å². The average Bonchev–Trinajstić information content (AvgIpc) is 2.70. The molecule has 2 aromatic rings. The fraction of sp³-hybridized carbons (Fsp3) is 0. The molecule has 0 saturated heterocycles. The fourth-order valence-electron chi connectivity index (χ4n) is 2.29. The second kappa shape index (κ2) is 9.23. The summed E-state index contributed by atoms with van der Waals surface area (Å²) in [5.74, 6) is 0. The highest BCUT2D eigenvalue weighted by Gasteiger charge is 2.27. The van der Waals surface area contributed by atoms with Crippen molar-refractivity contribution in [2.24, 2.45) is 8.80 Å². The molecule has 0 N–H and O–H groups in total. The smallest absolute Gasteiger partial charge is 0.199 e. The normalized spacial score (nSPS) is 17.9. The van der Waals surface area contributed by atoms with Crippen molar-refractivity contribution in [2.75, 3.05) is 0 Å². The van der Waals surface area contributed by atoms with Crippen molar-refractivity contribution in [3.63, 3.8) is 0 Å². The molecule has 2 aromatic carbocycles. The standard InChI is InChI=1S/C18H9Cl5N2O4S2/c19-10-1-5-12(6-2-10)30(26,27)24-15-9-14(21)18(17(23)16(15)22)25-31(28,29)13-7-3-11(20)4-8-13/h1-9H/b24-15+,25-18-. The van der Waals surface area contributed by atoms with Gasteiger partial charge in [0.15, 0.2) is 0 Å². The van der Waals surface area contributed by atoms with Crippen LogP contribution in [0.3, 0.4) is 0 Å². The van der Waals surface area contributed by atoms with Gasteiger partial charge in [-0.1, -0.05) is 58.0 Å². The van der Waals surface area contributed by atoms with Crippen molar-refractivity contribution in [3.05, 3.63) is 79.7 Å². The van der Waals surface area contributed by atoms with Crippen LogP contribution in [-0.4, -0.2) is 28.3 Å². The molecule has 0 spiro atoms. The highest BCUT2D eigenvalue weighted by Crippen LogP contribution is 2.31. The van der Waals surface area contributed by atoms with Gasteiger partial charge >= 0.3 is 0 Å². The van der Waals surface area contributed by atoms with E-state index in [1.54, 1.807) is 0 Å². The van der Waals surface area contributed by atoms with Gasteiger partial charge in [0.1, 0.15) is 5.71 Å². The lowest BCUT2D eigenvalue weighted by atomic mass is 10.1. The lowest BCUT2D eigenvalue weighted by Gasteiger charge is -2.14. The molecule has 0 amide bonds. The van der Waals surface area contributed by atoms with Crippen molar-refractivity contribution in [1.82, 2.24) is 0 Å². The molecule has 0 heterocycles. The number of allylic oxidation sites excluding steroid dienone is 4. The van der Waals surface area contributed by atoms with Gasteiger partial charge in [-0.15, -0.1) is 0 Å². The Balaban J connectivity index is 2.04. The summed E-state index contributed by atoms with van der Waals surface area (Å²) in [6.45, 7) is 0. The van der Waals surface area contributed by atoms with Crippen LogP contribution in [0.4, 0.5) is 0 Å². The monoisotopic (exact) mass is 556 g/mol. The molecule has 162 valence electrons. The molecule has 0 radical (unpaired) electrons. The van der Waals surface area contributed by atoms with E-state index in [0.29, 0.717) is 10.0 Å². The Morgan fingerprint density at radius 3 is 1.45 bits per heavy atom. The van der Waals surface area contributed by atoms with E-state index in [4.69, 9.17) is 58.0 Å². The van der Waals surface area contributed by atoms with Gasteiger partial charge in [-0.2, -0.15) is 25.6 Å². The molecule has 0 atom stereocenters. The van der Waals surface area contributed by atoms with Crippen LogP contribution >= 0.6 is 58.0 Å². The van der Waals surface area contributed by atoms with E-state index < -0.39 is 20.0 Å². The van der Waals surface area contributed by atoms with E-state index in [2.05, 4.69) is 8.80 Å². The predicted molar refractivity (Wildman–Crippen MR) is 125 cm³/mol. The largest absolute Gasteiger partial charge is 0.282 e. The Bertz CT molecular complexity index is 1380. The lowest BCUT2D eigenvalue weighted by molar-refractivity contribution is 0.596. The predicted octanol–water partition coefficient (Wildman–Crippen LogP) is 5.78. The second-order valence-electron chi connectivity index (χ2n) is 5.89. The van der Waals surface area contributed by atoms with Gasteiger partial charge in [0.25, 0.3) is 20.0 Å². The minimum Gasteiger partial charge on any atom is -0.199 e. The van der Waals surface area contributed by atoms with Crippen molar-refractivity contribution in [2.45, 2.75) is 9.79 Å². The van der Waals surface area contributed by atoms with Crippen LogP contribution in [0, 0.1) is 0 Å². The van der Waals surface area contributed by atoms with Gasteiger partial charge in [-0.25, -0.2) is 0 Å². The summed E-state index contributed by atoms with van der Waals surface area (Å²) in [5, 5.41) is -0.302. The van der Waals surface area contributed by atoms with Gasteiger partial charge < -0.3 is 0 Å². The Kier molecular flexibility index (Phi) is 7.22. The van der Waals surface area contributed by atoms with Crippen molar-refractivity contribution < 1.29 is 16.8 Å². The molecule has 3 rings (SSSR count).